The highest BCUT2D eigenvalue weighted by molar-refractivity contribution is 4.74. The standard InChI is InChI=1S/C10H19F3N2O/c1-2-5-15-6-3-9(4-7-15)14-16-8-10(11,12)13/h9,14H,2-8H2,1H3. The van der Waals surface area contributed by atoms with Crippen molar-refractivity contribution in [3.63, 3.8) is 0 Å². The van der Waals surface area contributed by atoms with Crippen LogP contribution >= 0.6 is 0 Å². The maximum absolute atomic E-state index is 11.8. The van der Waals surface area contributed by atoms with Gasteiger partial charge >= 0.3 is 6.18 Å². The molecule has 1 N–H and O–H groups in total. The van der Waals surface area contributed by atoms with Crippen LogP contribution in [0.25, 0.3) is 0 Å². The molecule has 0 bridgehead atoms. The molecule has 3 nitrogen and oxygen atoms in total. The van der Waals surface area contributed by atoms with E-state index >= 15 is 0 Å². The predicted octanol–water partition coefficient (Wildman–Crippen LogP) is 1.94. The summed E-state index contributed by atoms with van der Waals surface area (Å²) < 4.78 is 35.4. The van der Waals surface area contributed by atoms with Crippen LogP contribution in [-0.4, -0.2) is 43.4 Å². The number of rotatable bonds is 5. The molecular weight excluding hydrogens is 221 g/mol. The molecule has 6 heteroatoms. The molecule has 0 aromatic heterocycles. The fourth-order valence-corrected chi connectivity index (χ4v) is 1.83. The van der Waals surface area contributed by atoms with E-state index in [0.29, 0.717) is 0 Å². The topological polar surface area (TPSA) is 24.5 Å². The Morgan fingerprint density at radius 3 is 2.44 bits per heavy atom. The average Bonchev–Trinajstić information content (AvgIpc) is 2.19. The van der Waals surface area contributed by atoms with Crippen LogP contribution in [0, 0.1) is 0 Å². The van der Waals surface area contributed by atoms with Gasteiger partial charge in [-0.15, -0.1) is 0 Å². The maximum atomic E-state index is 11.8. The Bertz CT molecular complexity index is 191. The van der Waals surface area contributed by atoms with E-state index in [4.69, 9.17) is 0 Å². The zero-order valence-corrected chi connectivity index (χ0v) is 9.52. The Balaban J connectivity index is 2.08. The van der Waals surface area contributed by atoms with Gasteiger partial charge in [0.05, 0.1) is 0 Å². The van der Waals surface area contributed by atoms with Crippen molar-refractivity contribution in [1.82, 2.24) is 10.4 Å². The molecule has 0 spiro atoms. The van der Waals surface area contributed by atoms with Gasteiger partial charge in [0.2, 0.25) is 0 Å². The molecule has 1 saturated heterocycles. The van der Waals surface area contributed by atoms with Gasteiger partial charge in [-0.05, 0) is 38.9 Å². The number of nitrogens with one attached hydrogen (secondary N) is 1. The van der Waals surface area contributed by atoms with E-state index in [0.717, 1.165) is 38.9 Å². The summed E-state index contributed by atoms with van der Waals surface area (Å²) in [7, 11) is 0. The zero-order valence-electron chi connectivity index (χ0n) is 9.52. The molecule has 0 aromatic rings. The highest BCUT2D eigenvalue weighted by Crippen LogP contribution is 2.15. The molecule has 0 amide bonds. The first-order valence-electron chi connectivity index (χ1n) is 5.67. The van der Waals surface area contributed by atoms with Gasteiger partial charge in [0, 0.05) is 6.04 Å². The van der Waals surface area contributed by atoms with Crippen LogP contribution in [0.1, 0.15) is 26.2 Å². The second-order valence-electron chi connectivity index (χ2n) is 4.14. The lowest BCUT2D eigenvalue weighted by molar-refractivity contribution is -0.194. The van der Waals surface area contributed by atoms with E-state index in [2.05, 4.69) is 22.1 Å². The first-order chi connectivity index (χ1) is 7.51. The number of likely N-dealkylation sites (tertiary alicyclic amines) is 1. The number of alkyl halides is 3. The molecule has 1 fully saturated rings. The second kappa shape index (κ2) is 6.42. The molecule has 0 aromatic carbocycles. The summed E-state index contributed by atoms with van der Waals surface area (Å²) in [5.74, 6) is 0. The van der Waals surface area contributed by atoms with Gasteiger partial charge in [-0.3, -0.25) is 4.84 Å². The largest absolute Gasteiger partial charge is 0.413 e. The first-order valence-corrected chi connectivity index (χ1v) is 5.67. The summed E-state index contributed by atoms with van der Waals surface area (Å²) in [6.45, 7) is 3.83. The Labute approximate surface area is 93.9 Å². The van der Waals surface area contributed by atoms with Crippen molar-refractivity contribution in [3.8, 4) is 0 Å². The third-order valence-corrected chi connectivity index (χ3v) is 2.61. The Morgan fingerprint density at radius 2 is 1.94 bits per heavy atom. The van der Waals surface area contributed by atoms with E-state index in [1.807, 2.05) is 0 Å². The monoisotopic (exact) mass is 240 g/mol. The summed E-state index contributed by atoms with van der Waals surface area (Å²) in [5.41, 5.74) is 2.49. The van der Waals surface area contributed by atoms with Crippen molar-refractivity contribution in [3.05, 3.63) is 0 Å². The molecule has 0 aliphatic carbocycles. The van der Waals surface area contributed by atoms with Crippen LogP contribution in [0.2, 0.25) is 0 Å². The van der Waals surface area contributed by atoms with Gasteiger partial charge in [0.15, 0.2) is 6.61 Å². The smallest absolute Gasteiger partial charge is 0.303 e. The van der Waals surface area contributed by atoms with Gasteiger partial charge in [-0.25, -0.2) is 0 Å². The molecule has 1 rings (SSSR count). The van der Waals surface area contributed by atoms with E-state index in [1.54, 1.807) is 0 Å². The average molecular weight is 240 g/mol. The minimum atomic E-state index is -4.25. The highest BCUT2D eigenvalue weighted by atomic mass is 19.4. The molecule has 16 heavy (non-hydrogen) atoms. The molecular formula is C10H19F3N2O. The van der Waals surface area contributed by atoms with Gasteiger partial charge in [-0.1, -0.05) is 6.92 Å². The summed E-state index contributed by atoms with van der Waals surface area (Å²) in [4.78, 5) is 6.76. The van der Waals surface area contributed by atoms with E-state index in [1.165, 1.54) is 0 Å². The number of hydrogen-bond donors (Lipinski definition) is 1. The van der Waals surface area contributed by atoms with Crippen molar-refractivity contribution in [2.24, 2.45) is 0 Å². The number of halogens is 3. The molecule has 0 atom stereocenters. The summed E-state index contributed by atoms with van der Waals surface area (Å²) in [5, 5.41) is 0. The molecule has 96 valence electrons. The van der Waals surface area contributed by atoms with Crippen LogP contribution in [0.3, 0.4) is 0 Å². The summed E-state index contributed by atoms with van der Waals surface area (Å²) >= 11 is 0. The van der Waals surface area contributed by atoms with E-state index < -0.39 is 12.8 Å². The third kappa shape index (κ3) is 5.67. The molecule has 1 aliphatic heterocycles. The minimum absolute atomic E-state index is 0.0513. The number of hydrogen-bond acceptors (Lipinski definition) is 3. The van der Waals surface area contributed by atoms with Crippen molar-refractivity contribution < 1.29 is 18.0 Å². The number of piperidine rings is 1. The summed E-state index contributed by atoms with van der Waals surface area (Å²) in [6, 6.07) is 0.0513. The fraction of sp³-hybridized carbons (Fsp3) is 1.00. The van der Waals surface area contributed by atoms with Crippen LogP contribution in [0.5, 0.6) is 0 Å². The molecule has 0 radical (unpaired) electrons. The van der Waals surface area contributed by atoms with Crippen LogP contribution in [0.4, 0.5) is 13.2 Å². The second-order valence-corrected chi connectivity index (χ2v) is 4.14. The van der Waals surface area contributed by atoms with Crippen LogP contribution in [-0.2, 0) is 4.84 Å². The van der Waals surface area contributed by atoms with Crippen molar-refractivity contribution in [1.29, 1.82) is 0 Å². The van der Waals surface area contributed by atoms with Gasteiger partial charge < -0.3 is 4.90 Å². The zero-order chi connectivity index (χ0) is 12.0. The third-order valence-electron chi connectivity index (χ3n) is 2.61. The highest BCUT2D eigenvalue weighted by Gasteiger charge is 2.28. The lowest BCUT2D eigenvalue weighted by Gasteiger charge is -2.31. The lowest BCUT2D eigenvalue weighted by Crippen LogP contribution is -2.43. The Kier molecular flexibility index (Phi) is 5.51. The molecule has 0 saturated carbocycles. The van der Waals surface area contributed by atoms with Gasteiger partial charge in [0.25, 0.3) is 0 Å². The van der Waals surface area contributed by atoms with E-state index in [-0.39, 0.29) is 6.04 Å². The Morgan fingerprint density at radius 1 is 1.31 bits per heavy atom. The SMILES string of the molecule is CCCN1CCC(NOCC(F)(F)F)CC1. The van der Waals surface area contributed by atoms with Crippen molar-refractivity contribution >= 4 is 0 Å². The lowest BCUT2D eigenvalue weighted by atomic mass is 10.1. The minimum Gasteiger partial charge on any atom is -0.303 e. The quantitative estimate of drug-likeness (QED) is 0.743. The normalized spacial score (nSPS) is 20.2. The summed E-state index contributed by atoms with van der Waals surface area (Å²) in [6.07, 6.45) is -1.45. The number of nitrogens with zero attached hydrogens (tertiary/aromatic N) is 1. The molecule has 1 heterocycles. The van der Waals surface area contributed by atoms with Gasteiger partial charge in [0.1, 0.15) is 0 Å². The van der Waals surface area contributed by atoms with Crippen LogP contribution in [0.15, 0.2) is 0 Å². The van der Waals surface area contributed by atoms with Crippen molar-refractivity contribution in [2.75, 3.05) is 26.2 Å². The molecule has 0 unspecified atom stereocenters. The van der Waals surface area contributed by atoms with E-state index in [9.17, 15) is 13.2 Å². The number of hydroxylamine groups is 1. The van der Waals surface area contributed by atoms with Gasteiger partial charge in [-0.2, -0.15) is 18.7 Å². The first kappa shape index (κ1) is 13.7. The maximum Gasteiger partial charge on any atom is 0.413 e. The Hall–Kier alpha value is -0.330. The van der Waals surface area contributed by atoms with Crippen LogP contribution < -0.4 is 5.48 Å². The fourth-order valence-electron chi connectivity index (χ4n) is 1.83. The predicted molar refractivity (Wildman–Crippen MR) is 54.9 cm³/mol. The van der Waals surface area contributed by atoms with Crippen molar-refractivity contribution in [2.45, 2.75) is 38.4 Å². The molecule has 1 aliphatic rings.